The average Bonchev–Trinajstić information content (AvgIpc) is 2.73. The Morgan fingerprint density at radius 1 is 1.19 bits per heavy atom. The van der Waals surface area contributed by atoms with E-state index in [1.807, 2.05) is 30.0 Å². The minimum absolute atomic E-state index is 0.311. The van der Waals surface area contributed by atoms with Crippen LogP contribution >= 0.6 is 11.8 Å². The molecule has 0 radical (unpaired) electrons. The van der Waals surface area contributed by atoms with Gasteiger partial charge in [-0.25, -0.2) is 14.8 Å². The molecule has 8 heteroatoms. The highest BCUT2D eigenvalue weighted by Crippen LogP contribution is 2.32. The van der Waals surface area contributed by atoms with Crippen LogP contribution in [-0.2, 0) is 4.74 Å². The van der Waals surface area contributed by atoms with Crippen molar-refractivity contribution in [3.8, 4) is 22.9 Å². The summed E-state index contributed by atoms with van der Waals surface area (Å²) in [5, 5.41) is 0. The summed E-state index contributed by atoms with van der Waals surface area (Å²) in [6, 6.07) is 5.51. The van der Waals surface area contributed by atoms with Crippen LogP contribution in [0.5, 0.6) is 11.5 Å². The fourth-order valence-electron chi connectivity index (χ4n) is 2.86. The maximum Gasteiger partial charge on any atom is 0.343 e. The van der Waals surface area contributed by atoms with E-state index < -0.39 is 5.97 Å². The summed E-state index contributed by atoms with van der Waals surface area (Å²) in [6.07, 6.45) is 1.55. The molecule has 0 spiro atoms. The summed E-state index contributed by atoms with van der Waals surface area (Å²) in [5.74, 6) is 3.98. The van der Waals surface area contributed by atoms with Gasteiger partial charge < -0.3 is 19.1 Å². The fourth-order valence-corrected chi connectivity index (χ4v) is 3.76. The van der Waals surface area contributed by atoms with Gasteiger partial charge in [-0.1, -0.05) is 0 Å². The third-order valence-electron chi connectivity index (χ3n) is 4.22. The molecule has 1 aromatic heterocycles. The number of thioether (sulfide) groups is 1. The van der Waals surface area contributed by atoms with Crippen LogP contribution in [0.25, 0.3) is 11.4 Å². The molecule has 1 aliphatic heterocycles. The number of hydrogen-bond acceptors (Lipinski definition) is 8. The van der Waals surface area contributed by atoms with Gasteiger partial charge in [0.2, 0.25) is 0 Å². The minimum atomic E-state index is -0.399. The first-order valence-electron chi connectivity index (χ1n) is 8.77. The van der Waals surface area contributed by atoms with Crippen molar-refractivity contribution >= 4 is 23.5 Å². The molecule has 0 N–H and O–H groups in total. The van der Waals surface area contributed by atoms with E-state index in [-0.39, 0.29) is 0 Å². The van der Waals surface area contributed by atoms with Gasteiger partial charge in [-0.05, 0) is 25.1 Å². The third-order valence-corrected chi connectivity index (χ3v) is 5.16. The average molecular weight is 389 g/mol. The van der Waals surface area contributed by atoms with E-state index >= 15 is 0 Å². The maximum atomic E-state index is 12.4. The molecule has 1 saturated heterocycles. The van der Waals surface area contributed by atoms with Gasteiger partial charge in [0.25, 0.3) is 0 Å². The zero-order valence-electron chi connectivity index (χ0n) is 15.7. The summed E-state index contributed by atoms with van der Waals surface area (Å²) in [4.78, 5) is 23.6. The molecule has 1 fully saturated rings. The molecule has 0 unspecified atom stereocenters. The molecular weight excluding hydrogens is 366 g/mol. The van der Waals surface area contributed by atoms with Crippen LogP contribution in [0.3, 0.4) is 0 Å². The normalized spacial score (nSPS) is 14.0. The van der Waals surface area contributed by atoms with Crippen LogP contribution in [-0.4, -0.2) is 61.4 Å². The number of ether oxygens (including phenoxy) is 3. The van der Waals surface area contributed by atoms with E-state index in [0.29, 0.717) is 35.3 Å². The Balaban J connectivity index is 2.03. The third kappa shape index (κ3) is 4.27. The molecular formula is C19H23N3O4S. The second kappa shape index (κ2) is 8.94. The topological polar surface area (TPSA) is 73.8 Å². The van der Waals surface area contributed by atoms with Gasteiger partial charge in [0.05, 0.1) is 20.8 Å². The quantitative estimate of drug-likeness (QED) is 0.698. The number of anilines is 1. The second-order valence-corrected chi connectivity index (χ2v) is 7.05. The molecule has 2 aromatic rings. The van der Waals surface area contributed by atoms with Gasteiger partial charge in [-0.15, -0.1) is 0 Å². The SMILES string of the molecule is CCOC(=O)c1cnc(-c2ccc(OC)c(OC)c2)nc1N1CCSCC1. The van der Waals surface area contributed by atoms with Crippen molar-refractivity contribution in [1.29, 1.82) is 0 Å². The van der Waals surface area contributed by atoms with Crippen molar-refractivity contribution in [2.45, 2.75) is 6.92 Å². The van der Waals surface area contributed by atoms with Gasteiger partial charge in [0, 0.05) is 36.4 Å². The lowest BCUT2D eigenvalue weighted by molar-refractivity contribution is 0.0526. The van der Waals surface area contributed by atoms with E-state index in [1.165, 1.54) is 0 Å². The highest BCUT2D eigenvalue weighted by atomic mass is 32.2. The zero-order chi connectivity index (χ0) is 19.2. The smallest absolute Gasteiger partial charge is 0.343 e. The predicted molar refractivity (Wildman–Crippen MR) is 106 cm³/mol. The number of aromatic nitrogens is 2. The number of methoxy groups -OCH3 is 2. The van der Waals surface area contributed by atoms with Crippen molar-refractivity contribution in [1.82, 2.24) is 9.97 Å². The van der Waals surface area contributed by atoms with Crippen molar-refractivity contribution in [3.63, 3.8) is 0 Å². The summed E-state index contributed by atoms with van der Waals surface area (Å²) < 4.78 is 15.8. The molecule has 0 amide bonds. The van der Waals surface area contributed by atoms with Crippen LogP contribution in [0.15, 0.2) is 24.4 Å². The number of carbonyl (C=O) groups is 1. The van der Waals surface area contributed by atoms with Gasteiger partial charge in [-0.2, -0.15) is 11.8 Å². The van der Waals surface area contributed by atoms with Crippen LogP contribution in [0, 0.1) is 0 Å². The number of benzene rings is 1. The van der Waals surface area contributed by atoms with E-state index in [4.69, 9.17) is 19.2 Å². The molecule has 144 valence electrons. The van der Waals surface area contributed by atoms with Gasteiger partial charge in [0.1, 0.15) is 11.4 Å². The fraction of sp³-hybridized carbons (Fsp3) is 0.421. The number of nitrogens with zero attached hydrogens (tertiary/aromatic N) is 3. The Kier molecular flexibility index (Phi) is 6.39. The molecule has 0 atom stereocenters. The van der Waals surface area contributed by atoms with Crippen LogP contribution in [0.4, 0.5) is 5.82 Å². The standard InChI is InChI=1S/C19H23N3O4S/c1-4-26-19(23)14-12-20-17(21-18(14)22-7-9-27-10-8-22)13-5-6-15(24-2)16(11-13)25-3/h5-6,11-12H,4,7-10H2,1-3H3. The Hall–Kier alpha value is -2.48. The Morgan fingerprint density at radius 2 is 1.93 bits per heavy atom. The first-order valence-corrected chi connectivity index (χ1v) is 9.92. The van der Waals surface area contributed by atoms with Gasteiger partial charge in [0.15, 0.2) is 17.3 Å². The number of esters is 1. The molecule has 1 aromatic carbocycles. The molecule has 0 bridgehead atoms. The maximum absolute atomic E-state index is 12.4. The summed E-state index contributed by atoms with van der Waals surface area (Å²) in [5.41, 5.74) is 1.18. The highest BCUT2D eigenvalue weighted by Gasteiger charge is 2.23. The first-order chi connectivity index (χ1) is 13.2. The lowest BCUT2D eigenvalue weighted by Crippen LogP contribution is -2.34. The van der Waals surface area contributed by atoms with Crippen LogP contribution < -0.4 is 14.4 Å². The number of hydrogen-bond donors (Lipinski definition) is 0. The van der Waals surface area contributed by atoms with Crippen LogP contribution in [0.1, 0.15) is 17.3 Å². The van der Waals surface area contributed by atoms with Crippen molar-refractivity contribution in [2.75, 3.05) is 50.3 Å². The molecule has 7 nitrogen and oxygen atoms in total. The van der Waals surface area contributed by atoms with E-state index in [9.17, 15) is 4.79 Å². The van der Waals surface area contributed by atoms with Gasteiger partial charge >= 0.3 is 5.97 Å². The minimum Gasteiger partial charge on any atom is -0.493 e. The molecule has 3 rings (SSSR count). The van der Waals surface area contributed by atoms with E-state index in [1.54, 1.807) is 27.3 Å². The predicted octanol–water partition coefficient (Wildman–Crippen LogP) is 2.89. The molecule has 1 aliphatic rings. The van der Waals surface area contributed by atoms with Gasteiger partial charge in [-0.3, -0.25) is 0 Å². The number of carbonyl (C=O) groups excluding carboxylic acids is 1. The molecule has 27 heavy (non-hydrogen) atoms. The highest BCUT2D eigenvalue weighted by molar-refractivity contribution is 7.99. The lowest BCUT2D eigenvalue weighted by Gasteiger charge is -2.28. The zero-order valence-corrected chi connectivity index (χ0v) is 16.5. The van der Waals surface area contributed by atoms with Crippen molar-refractivity contribution in [3.05, 3.63) is 30.0 Å². The second-order valence-electron chi connectivity index (χ2n) is 5.82. The Labute approximate surface area is 163 Å². The largest absolute Gasteiger partial charge is 0.493 e. The molecule has 2 heterocycles. The summed E-state index contributed by atoms with van der Waals surface area (Å²) in [6.45, 7) is 3.76. The first kappa shape index (κ1) is 19.3. The summed E-state index contributed by atoms with van der Waals surface area (Å²) >= 11 is 1.90. The molecule has 0 aliphatic carbocycles. The monoisotopic (exact) mass is 389 g/mol. The van der Waals surface area contributed by atoms with E-state index in [0.717, 1.165) is 30.2 Å². The van der Waals surface area contributed by atoms with Crippen molar-refractivity contribution in [2.24, 2.45) is 0 Å². The Bertz CT molecular complexity index is 810. The number of rotatable bonds is 6. The van der Waals surface area contributed by atoms with E-state index in [2.05, 4.69) is 9.88 Å². The van der Waals surface area contributed by atoms with Crippen molar-refractivity contribution < 1.29 is 19.0 Å². The van der Waals surface area contributed by atoms with Crippen LogP contribution in [0.2, 0.25) is 0 Å². The lowest BCUT2D eigenvalue weighted by atomic mass is 10.1. The molecule has 0 saturated carbocycles. The summed E-state index contributed by atoms with van der Waals surface area (Å²) in [7, 11) is 3.18. The Morgan fingerprint density at radius 3 is 2.59 bits per heavy atom.